The van der Waals surface area contributed by atoms with Crippen molar-refractivity contribution in [2.24, 2.45) is 11.8 Å². The maximum Gasteiger partial charge on any atom is 0.0386 e. The van der Waals surface area contributed by atoms with E-state index in [9.17, 15) is 0 Å². The van der Waals surface area contributed by atoms with Gasteiger partial charge in [0.05, 0.1) is 0 Å². The Morgan fingerprint density at radius 2 is 2.12 bits per heavy atom. The molecule has 0 spiro atoms. The van der Waals surface area contributed by atoms with Gasteiger partial charge in [-0.2, -0.15) is 0 Å². The Morgan fingerprint density at radius 1 is 1.35 bits per heavy atom. The lowest BCUT2D eigenvalue weighted by Gasteiger charge is -2.30. The monoisotopic (exact) mass is 251 g/mol. The van der Waals surface area contributed by atoms with Crippen molar-refractivity contribution in [1.82, 2.24) is 5.32 Å². The number of hydrogen-bond donors (Lipinski definition) is 1. The zero-order valence-electron chi connectivity index (χ0n) is 11.3. The van der Waals surface area contributed by atoms with Crippen molar-refractivity contribution in [3.05, 3.63) is 21.9 Å². The Hall–Kier alpha value is -0.340. The van der Waals surface area contributed by atoms with Gasteiger partial charge in [0, 0.05) is 15.8 Å². The predicted molar refractivity (Wildman–Crippen MR) is 76.6 cm³/mol. The molecule has 0 radical (unpaired) electrons. The van der Waals surface area contributed by atoms with Crippen LogP contribution >= 0.6 is 11.3 Å². The standard InChI is InChI=1S/C15H25NS/c1-11-6-4-5-7-14(11)10-16-13(3)15-9-8-12(2)17-15/h8-9,11,13-14,16H,4-7,10H2,1-3H3. The van der Waals surface area contributed by atoms with E-state index in [-0.39, 0.29) is 0 Å². The molecule has 0 aromatic carbocycles. The van der Waals surface area contributed by atoms with E-state index in [0.29, 0.717) is 6.04 Å². The zero-order valence-corrected chi connectivity index (χ0v) is 12.1. The van der Waals surface area contributed by atoms with E-state index < -0.39 is 0 Å². The molecule has 1 nitrogen and oxygen atoms in total. The largest absolute Gasteiger partial charge is 0.309 e. The molecule has 0 bridgehead atoms. The summed E-state index contributed by atoms with van der Waals surface area (Å²) in [5.41, 5.74) is 0. The second-order valence-corrected chi connectivity index (χ2v) is 6.92. The predicted octanol–water partition coefficient (Wildman–Crippen LogP) is 4.53. The summed E-state index contributed by atoms with van der Waals surface area (Å²) in [5, 5.41) is 3.72. The Labute approximate surface area is 110 Å². The number of rotatable bonds is 4. The molecule has 1 saturated carbocycles. The van der Waals surface area contributed by atoms with Crippen molar-refractivity contribution in [3.8, 4) is 0 Å². The van der Waals surface area contributed by atoms with Gasteiger partial charge in [-0.25, -0.2) is 0 Å². The molecule has 0 aliphatic heterocycles. The Morgan fingerprint density at radius 3 is 2.76 bits per heavy atom. The summed E-state index contributed by atoms with van der Waals surface area (Å²) in [6, 6.07) is 5.01. The fourth-order valence-corrected chi connectivity index (χ4v) is 3.72. The summed E-state index contributed by atoms with van der Waals surface area (Å²) in [7, 11) is 0. The van der Waals surface area contributed by atoms with Gasteiger partial charge >= 0.3 is 0 Å². The Kier molecular flexibility index (Phi) is 4.63. The van der Waals surface area contributed by atoms with Gasteiger partial charge in [0.1, 0.15) is 0 Å². The van der Waals surface area contributed by atoms with E-state index in [4.69, 9.17) is 0 Å². The number of aryl methyl sites for hydroxylation is 1. The van der Waals surface area contributed by atoms with Crippen LogP contribution in [0.5, 0.6) is 0 Å². The minimum atomic E-state index is 0.517. The summed E-state index contributed by atoms with van der Waals surface area (Å²) in [6.07, 6.45) is 5.73. The molecule has 1 N–H and O–H groups in total. The van der Waals surface area contributed by atoms with Gasteiger partial charge in [0.15, 0.2) is 0 Å². The molecule has 3 atom stereocenters. The molecule has 2 heteroatoms. The lowest BCUT2D eigenvalue weighted by molar-refractivity contribution is 0.243. The third-order valence-electron chi connectivity index (χ3n) is 4.16. The number of thiophene rings is 1. The summed E-state index contributed by atoms with van der Waals surface area (Å²) in [6.45, 7) is 8.09. The van der Waals surface area contributed by atoms with E-state index in [0.717, 1.165) is 11.8 Å². The van der Waals surface area contributed by atoms with E-state index in [1.807, 2.05) is 11.3 Å². The van der Waals surface area contributed by atoms with E-state index in [1.54, 1.807) is 0 Å². The third-order valence-corrected chi connectivity index (χ3v) is 5.35. The van der Waals surface area contributed by atoms with Crippen LogP contribution in [0.4, 0.5) is 0 Å². The van der Waals surface area contributed by atoms with Crippen molar-refractivity contribution in [2.45, 2.75) is 52.5 Å². The third kappa shape index (κ3) is 3.56. The molecule has 1 aliphatic rings. The van der Waals surface area contributed by atoms with Gasteiger partial charge < -0.3 is 5.32 Å². The summed E-state index contributed by atoms with van der Waals surface area (Å²) in [4.78, 5) is 2.89. The summed E-state index contributed by atoms with van der Waals surface area (Å²) in [5.74, 6) is 1.81. The maximum atomic E-state index is 3.72. The molecule has 0 amide bonds. The lowest BCUT2D eigenvalue weighted by Crippen LogP contribution is -2.30. The number of nitrogens with one attached hydrogen (secondary N) is 1. The quantitative estimate of drug-likeness (QED) is 0.829. The zero-order chi connectivity index (χ0) is 12.3. The molecule has 1 aromatic heterocycles. The van der Waals surface area contributed by atoms with Crippen molar-refractivity contribution in [1.29, 1.82) is 0 Å². The minimum Gasteiger partial charge on any atom is -0.309 e. The van der Waals surface area contributed by atoms with E-state index >= 15 is 0 Å². The first-order chi connectivity index (χ1) is 8.16. The van der Waals surface area contributed by atoms with Crippen LogP contribution in [-0.4, -0.2) is 6.54 Å². The topological polar surface area (TPSA) is 12.0 Å². The van der Waals surface area contributed by atoms with Gasteiger partial charge in [-0.05, 0) is 50.8 Å². The molecule has 2 rings (SSSR count). The molecule has 0 saturated heterocycles. The highest BCUT2D eigenvalue weighted by Gasteiger charge is 2.21. The SMILES string of the molecule is Cc1ccc(C(C)NCC2CCCCC2C)s1. The first-order valence-corrected chi connectivity index (χ1v) is 7.78. The maximum absolute atomic E-state index is 3.72. The van der Waals surface area contributed by atoms with Gasteiger partial charge in [0.25, 0.3) is 0 Å². The molecule has 17 heavy (non-hydrogen) atoms. The average Bonchev–Trinajstić information content (AvgIpc) is 2.74. The first kappa shape index (κ1) is 13.1. The molecule has 1 heterocycles. The van der Waals surface area contributed by atoms with Crippen LogP contribution in [0.2, 0.25) is 0 Å². The summed E-state index contributed by atoms with van der Waals surface area (Å²) < 4.78 is 0. The number of hydrogen-bond acceptors (Lipinski definition) is 2. The van der Waals surface area contributed by atoms with Crippen LogP contribution in [0.3, 0.4) is 0 Å². The van der Waals surface area contributed by atoms with Crippen LogP contribution in [0.15, 0.2) is 12.1 Å². The van der Waals surface area contributed by atoms with Crippen LogP contribution < -0.4 is 5.32 Å². The summed E-state index contributed by atoms with van der Waals surface area (Å²) >= 11 is 1.92. The Bertz CT molecular complexity index is 344. The molecular formula is C15H25NS. The first-order valence-electron chi connectivity index (χ1n) is 6.96. The fraction of sp³-hybridized carbons (Fsp3) is 0.733. The van der Waals surface area contributed by atoms with Crippen molar-refractivity contribution in [2.75, 3.05) is 6.54 Å². The molecule has 1 aromatic rings. The fourth-order valence-electron chi connectivity index (χ4n) is 2.81. The van der Waals surface area contributed by atoms with Gasteiger partial charge in [0.2, 0.25) is 0 Å². The van der Waals surface area contributed by atoms with E-state index in [1.165, 1.54) is 42.0 Å². The van der Waals surface area contributed by atoms with Crippen molar-refractivity contribution < 1.29 is 0 Å². The highest BCUT2D eigenvalue weighted by atomic mass is 32.1. The molecule has 1 aliphatic carbocycles. The van der Waals surface area contributed by atoms with Crippen LogP contribution in [0.1, 0.15) is 55.3 Å². The molecular weight excluding hydrogens is 226 g/mol. The second-order valence-electron chi connectivity index (χ2n) is 5.60. The average molecular weight is 251 g/mol. The molecule has 3 unspecified atom stereocenters. The normalized spacial score (nSPS) is 27.0. The van der Waals surface area contributed by atoms with Gasteiger partial charge in [-0.3, -0.25) is 0 Å². The molecule has 96 valence electrons. The lowest BCUT2D eigenvalue weighted by atomic mass is 9.80. The Balaban J connectivity index is 1.81. The smallest absolute Gasteiger partial charge is 0.0386 e. The van der Waals surface area contributed by atoms with Crippen molar-refractivity contribution in [3.63, 3.8) is 0 Å². The van der Waals surface area contributed by atoms with Crippen LogP contribution in [-0.2, 0) is 0 Å². The second kappa shape index (κ2) is 6.01. The highest BCUT2D eigenvalue weighted by Crippen LogP contribution is 2.30. The highest BCUT2D eigenvalue weighted by molar-refractivity contribution is 7.12. The van der Waals surface area contributed by atoms with Crippen LogP contribution in [0, 0.1) is 18.8 Å². The minimum absolute atomic E-state index is 0.517. The van der Waals surface area contributed by atoms with Crippen LogP contribution in [0.25, 0.3) is 0 Å². The van der Waals surface area contributed by atoms with Crippen molar-refractivity contribution >= 4 is 11.3 Å². The van der Waals surface area contributed by atoms with Gasteiger partial charge in [-0.1, -0.05) is 26.2 Å². The van der Waals surface area contributed by atoms with Gasteiger partial charge in [-0.15, -0.1) is 11.3 Å². The van der Waals surface area contributed by atoms with E-state index in [2.05, 4.69) is 38.2 Å². The molecule has 1 fully saturated rings.